The lowest BCUT2D eigenvalue weighted by molar-refractivity contribution is 0.0526. The number of aliphatic imine (C=N–C) groups is 1. The summed E-state index contributed by atoms with van der Waals surface area (Å²) in [6.45, 7) is 7.16. The van der Waals surface area contributed by atoms with Gasteiger partial charge in [0.15, 0.2) is 0 Å². The number of nitrogens with zero attached hydrogens (tertiary/aromatic N) is 2. The van der Waals surface area contributed by atoms with Gasteiger partial charge >= 0.3 is 5.97 Å². The zero-order valence-electron chi connectivity index (χ0n) is 10.0. The molecule has 0 saturated carbocycles. The van der Waals surface area contributed by atoms with Gasteiger partial charge in [-0.3, -0.25) is 4.98 Å². The fourth-order valence-corrected chi connectivity index (χ4v) is 1.60. The van der Waals surface area contributed by atoms with Crippen LogP contribution in [-0.2, 0) is 4.74 Å². The first-order valence-corrected chi connectivity index (χ1v) is 5.95. The fourth-order valence-electron chi connectivity index (χ4n) is 1.25. The molecular weight excluding hydrogens is 275 g/mol. The molecule has 1 heterocycles. The van der Waals surface area contributed by atoms with E-state index in [-0.39, 0.29) is 22.4 Å². The Labute approximate surface area is 115 Å². The SMILES string of the molecule is C=Cc1ncc(C(=O)OCC)c(Cl)c1N=C(C)Cl. The molecule has 0 N–H and O–H groups in total. The van der Waals surface area contributed by atoms with E-state index in [0.29, 0.717) is 11.4 Å². The summed E-state index contributed by atoms with van der Waals surface area (Å²) in [5.74, 6) is -0.547. The second kappa shape index (κ2) is 6.52. The first-order valence-electron chi connectivity index (χ1n) is 5.20. The molecule has 6 heteroatoms. The Morgan fingerprint density at radius 1 is 1.67 bits per heavy atom. The molecule has 0 aliphatic heterocycles. The predicted molar refractivity (Wildman–Crippen MR) is 73.9 cm³/mol. The number of rotatable bonds is 4. The number of carbonyl (C=O) groups excluding carboxylic acids is 1. The largest absolute Gasteiger partial charge is 0.462 e. The fraction of sp³-hybridized carbons (Fsp3) is 0.250. The summed E-state index contributed by atoms with van der Waals surface area (Å²) in [4.78, 5) is 19.7. The van der Waals surface area contributed by atoms with Gasteiger partial charge in [0.25, 0.3) is 0 Å². The van der Waals surface area contributed by atoms with Crippen LogP contribution in [-0.4, -0.2) is 22.7 Å². The lowest BCUT2D eigenvalue weighted by Crippen LogP contribution is -2.06. The van der Waals surface area contributed by atoms with Gasteiger partial charge in [0.1, 0.15) is 10.9 Å². The maximum absolute atomic E-state index is 11.6. The van der Waals surface area contributed by atoms with E-state index < -0.39 is 5.97 Å². The van der Waals surface area contributed by atoms with Crippen molar-refractivity contribution in [3.05, 3.63) is 29.1 Å². The minimum atomic E-state index is -0.547. The van der Waals surface area contributed by atoms with Gasteiger partial charge in [-0.2, -0.15) is 0 Å². The maximum atomic E-state index is 11.6. The number of aromatic nitrogens is 1. The second-order valence-corrected chi connectivity index (χ2v) is 4.18. The van der Waals surface area contributed by atoms with Crippen LogP contribution in [0.2, 0.25) is 5.02 Å². The quantitative estimate of drug-likeness (QED) is 0.624. The highest BCUT2D eigenvalue weighted by atomic mass is 35.5. The third-order valence-corrected chi connectivity index (χ3v) is 2.44. The third kappa shape index (κ3) is 3.31. The van der Waals surface area contributed by atoms with E-state index in [1.807, 2.05) is 0 Å². The Hall–Kier alpha value is -1.39. The molecule has 0 atom stereocenters. The molecule has 1 aromatic heterocycles. The monoisotopic (exact) mass is 286 g/mol. The summed E-state index contributed by atoms with van der Waals surface area (Å²) < 4.78 is 4.87. The molecule has 0 aromatic carbocycles. The van der Waals surface area contributed by atoms with Gasteiger partial charge in [0.05, 0.1) is 22.9 Å². The molecule has 18 heavy (non-hydrogen) atoms. The van der Waals surface area contributed by atoms with E-state index in [9.17, 15) is 4.79 Å². The number of esters is 1. The Bertz CT molecular complexity index is 509. The van der Waals surface area contributed by atoms with Crippen LogP contribution in [0.1, 0.15) is 29.9 Å². The first kappa shape index (κ1) is 14.7. The number of carbonyl (C=O) groups is 1. The van der Waals surface area contributed by atoms with Crippen LogP contribution < -0.4 is 0 Å². The van der Waals surface area contributed by atoms with Crippen LogP contribution in [0.5, 0.6) is 0 Å². The minimum absolute atomic E-state index is 0.151. The van der Waals surface area contributed by atoms with E-state index >= 15 is 0 Å². The van der Waals surface area contributed by atoms with Crippen molar-refractivity contribution in [1.29, 1.82) is 0 Å². The summed E-state index contributed by atoms with van der Waals surface area (Å²) in [6.07, 6.45) is 2.82. The molecule has 96 valence electrons. The van der Waals surface area contributed by atoms with Crippen LogP contribution in [0.15, 0.2) is 17.8 Å². The second-order valence-electron chi connectivity index (χ2n) is 3.25. The number of halogens is 2. The lowest BCUT2D eigenvalue weighted by Gasteiger charge is -2.08. The van der Waals surface area contributed by atoms with Crippen LogP contribution in [0, 0.1) is 0 Å². The zero-order valence-corrected chi connectivity index (χ0v) is 11.5. The van der Waals surface area contributed by atoms with E-state index in [4.69, 9.17) is 27.9 Å². The van der Waals surface area contributed by atoms with E-state index in [2.05, 4.69) is 16.6 Å². The summed E-state index contributed by atoms with van der Waals surface area (Å²) in [6, 6.07) is 0. The third-order valence-electron chi connectivity index (χ3n) is 1.97. The Balaban J connectivity index is 3.38. The molecule has 0 fully saturated rings. The maximum Gasteiger partial charge on any atom is 0.341 e. The molecule has 0 aliphatic rings. The number of hydrogen-bond donors (Lipinski definition) is 0. The zero-order chi connectivity index (χ0) is 13.7. The summed E-state index contributed by atoms with van der Waals surface area (Å²) in [5.41, 5.74) is 0.915. The molecule has 0 bridgehead atoms. The standard InChI is InChI=1S/C12H12Cl2N2O2/c1-4-9-11(16-7(3)13)10(14)8(6-15-9)12(17)18-5-2/h4,6H,1,5H2,2-3H3. The predicted octanol–water partition coefficient (Wildman–Crippen LogP) is 3.84. The molecule has 0 spiro atoms. The van der Waals surface area contributed by atoms with Crippen molar-refractivity contribution in [3.63, 3.8) is 0 Å². The van der Waals surface area contributed by atoms with E-state index in [1.165, 1.54) is 12.3 Å². The highest BCUT2D eigenvalue weighted by Gasteiger charge is 2.17. The van der Waals surface area contributed by atoms with Crippen molar-refractivity contribution < 1.29 is 9.53 Å². The van der Waals surface area contributed by atoms with Crippen LogP contribution in [0.25, 0.3) is 6.08 Å². The van der Waals surface area contributed by atoms with E-state index in [1.54, 1.807) is 13.8 Å². The van der Waals surface area contributed by atoms with Crippen molar-refractivity contribution in [2.75, 3.05) is 6.61 Å². The molecule has 0 saturated heterocycles. The number of hydrogen-bond acceptors (Lipinski definition) is 4. The van der Waals surface area contributed by atoms with Crippen molar-refractivity contribution in [3.8, 4) is 0 Å². The van der Waals surface area contributed by atoms with Gasteiger partial charge in [0, 0.05) is 6.20 Å². The molecule has 0 amide bonds. The van der Waals surface area contributed by atoms with Crippen LogP contribution >= 0.6 is 23.2 Å². The van der Waals surface area contributed by atoms with E-state index in [0.717, 1.165) is 0 Å². The Morgan fingerprint density at radius 2 is 2.33 bits per heavy atom. The van der Waals surface area contributed by atoms with Gasteiger partial charge in [-0.25, -0.2) is 9.79 Å². The average molecular weight is 287 g/mol. The molecule has 0 unspecified atom stereocenters. The molecular formula is C12H12Cl2N2O2. The molecule has 0 radical (unpaired) electrons. The average Bonchev–Trinajstić information content (AvgIpc) is 2.31. The summed E-state index contributed by atoms with van der Waals surface area (Å²) >= 11 is 11.8. The van der Waals surface area contributed by atoms with Gasteiger partial charge < -0.3 is 4.74 Å². The molecule has 0 aliphatic carbocycles. The van der Waals surface area contributed by atoms with Gasteiger partial charge in [-0.15, -0.1) is 0 Å². The topological polar surface area (TPSA) is 51.5 Å². The minimum Gasteiger partial charge on any atom is -0.462 e. The van der Waals surface area contributed by atoms with Crippen molar-refractivity contribution in [2.45, 2.75) is 13.8 Å². The Kier molecular flexibility index (Phi) is 5.31. The van der Waals surface area contributed by atoms with Crippen molar-refractivity contribution in [1.82, 2.24) is 4.98 Å². The van der Waals surface area contributed by atoms with Gasteiger partial charge in [-0.1, -0.05) is 29.8 Å². The number of ether oxygens (including phenoxy) is 1. The molecule has 1 aromatic rings. The molecule has 4 nitrogen and oxygen atoms in total. The summed E-state index contributed by atoms with van der Waals surface area (Å²) in [7, 11) is 0. The first-order chi connectivity index (χ1) is 8.51. The van der Waals surface area contributed by atoms with Gasteiger partial charge in [0.2, 0.25) is 0 Å². The van der Waals surface area contributed by atoms with Crippen molar-refractivity contribution in [2.24, 2.45) is 4.99 Å². The summed E-state index contributed by atoms with van der Waals surface area (Å²) in [5, 5.41) is 0.432. The normalized spacial score (nSPS) is 11.2. The van der Waals surface area contributed by atoms with Crippen LogP contribution in [0.4, 0.5) is 5.69 Å². The highest BCUT2D eigenvalue weighted by molar-refractivity contribution is 6.65. The molecule has 1 rings (SSSR count). The smallest absolute Gasteiger partial charge is 0.341 e. The van der Waals surface area contributed by atoms with Crippen molar-refractivity contribution >= 4 is 46.1 Å². The highest BCUT2D eigenvalue weighted by Crippen LogP contribution is 2.32. The number of pyridine rings is 1. The Morgan fingerprint density at radius 3 is 2.83 bits per heavy atom. The van der Waals surface area contributed by atoms with Crippen LogP contribution in [0.3, 0.4) is 0 Å². The van der Waals surface area contributed by atoms with Gasteiger partial charge in [-0.05, 0) is 19.9 Å². The lowest BCUT2D eigenvalue weighted by atomic mass is 10.2.